The molecule has 0 bridgehead atoms. The van der Waals surface area contributed by atoms with E-state index in [-0.39, 0.29) is 5.70 Å². The van der Waals surface area contributed by atoms with Gasteiger partial charge in [0.05, 0.1) is 37.6 Å². The number of phenols is 1. The van der Waals surface area contributed by atoms with Gasteiger partial charge in [0, 0.05) is 43.0 Å². The van der Waals surface area contributed by atoms with Gasteiger partial charge in [-0.2, -0.15) is 5.11 Å². The van der Waals surface area contributed by atoms with E-state index in [1.165, 1.54) is 18.3 Å². The van der Waals surface area contributed by atoms with Gasteiger partial charge in [-0.3, -0.25) is 4.90 Å². The standard InChI is InChI=1S/C25H28FN5O4/c26-21-16-19(2-6-25(21)32)28-17-24(30-27)23-4-1-18-15-20(3-5-22(18)29-23)35-14-13-34-12-9-31-7-10-33-11-8-31/h1-6,15-17,27-28,32H,7-14H2/b24-17-,30-27?. The molecule has 1 aliphatic heterocycles. The molecule has 1 aliphatic rings. The van der Waals surface area contributed by atoms with E-state index >= 15 is 0 Å². The van der Waals surface area contributed by atoms with Crippen LogP contribution in [-0.2, 0) is 9.47 Å². The number of aromatic nitrogens is 1. The maximum Gasteiger partial charge on any atom is 0.166 e. The van der Waals surface area contributed by atoms with Gasteiger partial charge in [-0.1, -0.05) is 6.07 Å². The first-order chi connectivity index (χ1) is 17.1. The molecule has 35 heavy (non-hydrogen) atoms. The summed E-state index contributed by atoms with van der Waals surface area (Å²) in [5.41, 5.74) is 9.38. The minimum absolute atomic E-state index is 0.273. The van der Waals surface area contributed by atoms with Gasteiger partial charge in [0.1, 0.15) is 18.1 Å². The fourth-order valence-corrected chi connectivity index (χ4v) is 3.59. The van der Waals surface area contributed by atoms with Gasteiger partial charge in [0.25, 0.3) is 0 Å². The summed E-state index contributed by atoms with van der Waals surface area (Å²) in [6, 6.07) is 13.1. The van der Waals surface area contributed by atoms with E-state index in [1.807, 2.05) is 24.3 Å². The van der Waals surface area contributed by atoms with E-state index in [1.54, 1.807) is 6.07 Å². The van der Waals surface area contributed by atoms with Crippen molar-refractivity contribution in [3.05, 3.63) is 66.2 Å². The Hall–Kier alpha value is -3.60. The molecule has 1 saturated heterocycles. The fourth-order valence-electron chi connectivity index (χ4n) is 3.59. The minimum Gasteiger partial charge on any atom is -0.505 e. The summed E-state index contributed by atoms with van der Waals surface area (Å²) in [4.78, 5) is 6.89. The highest BCUT2D eigenvalue weighted by Crippen LogP contribution is 2.24. The number of phenolic OH excluding ortho intramolecular Hbond substituents is 1. The van der Waals surface area contributed by atoms with E-state index in [0.717, 1.165) is 55.6 Å². The average Bonchev–Trinajstić information content (AvgIpc) is 2.89. The topological polar surface area (TPSA) is 112 Å². The maximum atomic E-state index is 13.5. The van der Waals surface area contributed by atoms with Gasteiger partial charge in [0.15, 0.2) is 11.6 Å². The Morgan fingerprint density at radius 1 is 1.14 bits per heavy atom. The monoisotopic (exact) mass is 481 g/mol. The zero-order chi connectivity index (χ0) is 24.5. The molecule has 9 nitrogen and oxygen atoms in total. The summed E-state index contributed by atoms with van der Waals surface area (Å²) in [5, 5.41) is 16.6. The summed E-state index contributed by atoms with van der Waals surface area (Å²) in [6.07, 6.45) is 1.46. The van der Waals surface area contributed by atoms with Crippen LogP contribution in [-0.4, -0.2) is 67.7 Å². The van der Waals surface area contributed by atoms with Crippen molar-refractivity contribution in [3.8, 4) is 11.5 Å². The first-order valence-corrected chi connectivity index (χ1v) is 11.4. The number of hydrogen-bond acceptors (Lipinski definition) is 9. The van der Waals surface area contributed by atoms with E-state index in [9.17, 15) is 9.50 Å². The maximum absolute atomic E-state index is 13.5. The fraction of sp³-hybridized carbons (Fsp3) is 0.320. The Balaban J connectivity index is 1.30. The van der Waals surface area contributed by atoms with Crippen LogP contribution in [0, 0.1) is 11.3 Å². The van der Waals surface area contributed by atoms with Crippen LogP contribution in [0.25, 0.3) is 16.6 Å². The largest absolute Gasteiger partial charge is 0.505 e. The molecule has 1 fully saturated rings. The first-order valence-electron chi connectivity index (χ1n) is 11.4. The number of benzene rings is 2. The molecule has 3 aromatic rings. The number of pyridine rings is 1. The van der Waals surface area contributed by atoms with Crippen LogP contribution in [0.2, 0.25) is 0 Å². The third kappa shape index (κ3) is 6.95. The Kier molecular flexibility index (Phi) is 8.55. The normalized spacial score (nSPS) is 14.7. The lowest BCUT2D eigenvalue weighted by Gasteiger charge is -2.26. The number of nitrogens with one attached hydrogen (secondary N) is 2. The number of anilines is 1. The highest BCUT2D eigenvalue weighted by atomic mass is 19.1. The smallest absolute Gasteiger partial charge is 0.166 e. The molecule has 0 radical (unpaired) electrons. The van der Waals surface area contributed by atoms with Gasteiger partial charge < -0.3 is 24.6 Å². The summed E-state index contributed by atoms with van der Waals surface area (Å²) >= 11 is 0. The Labute approximate surface area is 202 Å². The lowest BCUT2D eigenvalue weighted by molar-refractivity contribution is 0.0170. The molecule has 0 unspecified atom stereocenters. The third-order valence-electron chi connectivity index (χ3n) is 5.52. The molecule has 0 saturated carbocycles. The second-order valence-corrected chi connectivity index (χ2v) is 7.92. The number of halogens is 1. The molecule has 0 amide bonds. The molecular weight excluding hydrogens is 453 g/mol. The number of ether oxygens (including phenoxy) is 3. The molecule has 0 aliphatic carbocycles. The van der Waals surface area contributed by atoms with Crippen LogP contribution in [0.15, 0.2) is 59.8 Å². The highest BCUT2D eigenvalue weighted by molar-refractivity contribution is 5.82. The van der Waals surface area contributed by atoms with Crippen LogP contribution in [0.3, 0.4) is 0 Å². The number of fused-ring (bicyclic) bond motifs is 1. The molecule has 1 aromatic heterocycles. The van der Waals surface area contributed by atoms with Crippen molar-refractivity contribution < 1.29 is 23.7 Å². The third-order valence-corrected chi connectivity index (χ3v) is 5.52. The first kappa shape index (κ1) is 24.5. The quantitative estimate of drug-likeness (QED) is 0.213. The molecule has 3 N–H and O–H groups in total. The van der Waals surface area contributed by atoms with Crippen molar-refractivity contribution in [1.29, 1.82) is 5.53 Å². The van der Waals surface area contributed by atoms with E-state index in [0.29, 0.717) is 31.2 Å². The van der Waals surface area contributed by atoms with Crippen molar-refractivity contribution in [3.63, 3.8) is 0 Å². The van der Waals surface area contributed by atoms with Gasteiger partial charge in [0.2, 0.25) is 0 Å². The predicted octanol–water partition coefficient (Wildman–Crippen LogP) is 4.25. The minimum atomic E-state index is -0.742. The summed E-state index contributed by atoms with van der Waals surface area (Å²) in [6.45, 7) is 6.01. The van der Waals surface area contributed by atoms with Gasteiger partial charge >= 0.3 is 0 Å². The molecule has 0 spiro atoms. The van der Waals surface area contributed by atoms with E-state index in [2.05, 4.69) is 20.3 Å². The lowest BCUT2D eigenvalue weighted by atomic mass is 10.1. The molecule has 2 aromatic carbocycles. The highest BCUT2D eigenvalue weighted by Gasteiger charge is 2.09. The van der Waals surface area contributed by atoms with Crippen LogP contribution < -0.4 is 10.1 Å². The van der Waals surface area contributed by atoms with Crippen molar-refractivity contribution in [1.82, 2.24) is 9.88 Å². The van der Waals surface area contributed by atoms with Gasteiger partial charge in [-0.05, 0) is 36.4 Å². The number of nitrogens with zero attached hydrogens (tertiary/aromatic N) is 3. The Morgan fingerprint density at radius 3 is 2.80 bits per heavy atom. The van der Waals surface area contributed by atoms with Crippen molar-refractivity contribution in [2.24, 2.45) is 5.11 Å². The van der Waals surface area contributed by atoms with Gasteiger partial charge in [-0.15, -0.1) is 0 Å². The van der Waals surface area contributed by atoms with Crippen LogP contribution in [0.5, 0.6) is 11.5 Å². The number of aromatic hydroxyl groups is 1. The molecule has 10 heteroatoms. The molecule has 2 heterocycles. The molecule has 4 rings (SSSR count). The zero-order valence-corrected chi connectivity index (χ0v) is 19.2. The van der Waals surface area contributed by atoms with E-state index in [4.69, 9.17) is 19.7 Å². The average molecular weight is 482 g/mol. The molecule has 184 valence electrons. The summed E-state index contributed by atoms with van der Waals surface area (Å²) in [7, 11) is 0. The van der Waals surface area contributed by atoms with Crippen molar-refractivity contribution in [2.75, 3.05) is 58.0 Å². The lowest BCUT2D eigenvalue weighted by Crippen LogP contribution is -2.38. The number of morpholine rings is 1. The van der Waals surface area contributed by atoms with Gasteiger partial charge in [-0.25, -0.2) is 14.9 Å². The SMILES string of the molecule is N=N/C(=C\Nc1ccc(O)c(F)c1)c1ccc2cc(OCCOCCN3CCOCC3)ccc2n1. The molecule has 0 atom stereocenters. The number of rotatable bonds is 11. The second-order valence-electron chi connectivity index (χ2n) is 7.92. The van der Waals surface area contributed by atoms with E-state index < -0.39 is 11.6 Å². The van der Waals surface area contributed by atoms with Crippen molar-refractivity contribution >= 4 is 22.3 Å². The summed E-state index contributed by atoms with van der Waals surface area (Å²) in [5.74, 6) is -0.448. The van der Waals surface area contributed by atoms with Crippen LogP contribution in [0.4, 0.5) is 10.1 Å². The Bertz CT molecular complexity index is 1180. The molecular formula is C25H28FN5O4. The van der Waals surface area contributed by atoms with Crippen molar-refractivity contribution in [2.45, 2.75) is 0 Å². The Morgan fingerprint density at radius 2 is 2.00 bits per heavy atom. The summed E-state index contributed by atoms with van der Waals surface area (Å²) < 4.78 is 30.3. The zero-order valence-electron chi connectivity index (χ0n) is 19.2. The van der Waals surface area contributed by atoms with Crippen LogP contribution >= 0.6 is 0 Å². The number of hydrogen-bond donors (Lipinski definition) is 3. The predicted molar refractivity (Wildman–Crippen MR) is 130 cm³/mol. The van der Waals surface area contributed by atoms with Crippen LogP contribution in [0.1, 0.15) is 5.69 Å². The second kappa shape index (κ2) is 12.2.